The molecule has 5 nitrogen and oxygen atoms in total. The van der Waals surface area contributed by atoms with Crippen LogP contribution in [0.4, 0.5) is 10.1 Å². The standard InChI is InChI=1S/C11H13FN2O3.ClH/c1-2-3-4-10(13)8-5-7(14(16)17)6-9(12)11(8)15;/h2,5-6,10,15H,1,3-4,13H2;1H/t10-;/m0./s1. The fourth-order valence-corrected chi connectivity index (χ4v) is 1.45. The van der Waals surface area contributed by atoms with Crippen LogP contribution in [0.5, 0.6) is 5.75 Å². The van der Waals surface area contributed by atoms with Crippen molar-refractivity contribution in [1.29, 1.82) is 0 Å². The van der Waals surface area contributed by atoms with Gasteiger partial charge in [0, 0.05) is 17.7 Å². The number of allylic oxidation sites excluding steroid dienone is 1. The van der Waals surface area contributed by atoms with Gasteiger partial charge in [0.15, 0.2) is 11.6 Å². The van der Waals surface area contributed by atoms with Gasteiger partial charge in [0.25, 0.3) is 5.69 Å². The van der Waals surface area contributed by atoms with Crippen LogP contribution >= 0.6 is 12.4 Å². The molecule has 0 fully saturated rings. The monoisotopic (exact) mass is 276 g/mol. The van der Waals surface area contributed by atoms with Crippen molar-refractivity contribution < 1.29 is 14.4 Å². The van der Waals surface area contributed by atoms with E-state index in [9.17, 15) is 19.6 Å². The van der Waals surface area contributed by atoms with Gasteiger partial charge in [-0.15, -0.1) is 19.0 Å². The number of non-ortho nitro benzene ring substituents is 1. The molecule has 0 saturated heterocycles. The lowest BCUT2D eigenvalue weighted by molar-refractivity contribution is -0.385. The molecule has 0 unspecified atom stereocenters. The average Bonchev–Trinajstić information content (AvgIpc) is 2.29. The molecular formula is C11H14ClFN2O3. The Hall–Kier alpha value is -1.66. The smallest absolute Gasteiger partial charge is 0.272 e. The molecule has 18 heavy (non-hydrogen) atoms. The Balaban J connectivity index is 0.00000289. The predicted molar refractivity (Wildman–Crippen MR) is 68.3 cm³/mol. The lowest BCUT2D eigenvalue weighted by Crippen LogP contribution is -2.11. The van der Waals surface area contributed by atoms with Crippen molar-refractivity contribution in [2.45, 2.75) is 18.9 Å². The Morgan fingerprint density at radius 1 is 1.61 bits per heavy atom. The van der Waals surface area contributed by atoms with Crippen molar-refractivity contribution >= 4 is 18.1 Å². The molecule has 0 bridgehead atoms. The minimum Gasteiger partial charge on any atom is -0.505 e. The maximum atomic E-state index is 13.3. The lowest BCUT2D eigenvalue weighted by atomic mass is 10.0. The lowest BCUT2D eigenvalue weighted by Gasteiger charge is -2.12. The summed E-state index contributed by atoms with van der Waals surface area (Å²) in [7, 11) is 0. The Kier molecular flexibility index (Phi) is 6.29. The van der Waals surface area contributed by atoms with E-state index in [-0.39, 0.29) is 18.0 Å². The van der Waals surface area contributed by atoms with Gasteiger partial charge in [0.1, 0.15) is 0 Å². The van der Waals surface area contributed by atoms with Gasteiger partial charge in [-0.2, -0.15) is 0 Å². The van der Waals surface area contributed by atoms with Gasteiger partial charge in [0.2, 0.25) is 0 Å². The molecule has 0 saturated carbocycles. The van der Waals surface area contributed by atoms with Crippen LogP contribution in [0.25, 0.3) is 0 Å². The van der Waals surface area contributed by atoms with E-state index in [0.29, 0.717) is 18.9 Å². The van der Waals surface area contributed by atoms with Crippen molar-refractivity contribution in [1.82, 2.24) is 0 Å². The maximum Gasteiger partial charge on any atom is 0.272 e. The molecule has 0 aliphatic rings. The number of nitrogens with two attached hydrogens (primary N) is 1. The highest BCUT2D eigenvalue weighted by Crippen LogP contribution is 2.32. The van der Waals surface area contributed by atoms with Crippen LogP contribution in [0.1, 0.15) is 24.4 Å². The summed E-state index contributed by atoms with van der Waals surface area (Å²) in [6, 6.07) is 1.09. The first-order valence-electron chi connectivity index (χ1n) is 5.00. The Morgan fingerprint density at radius 3 is 2.72 bits per heavy atom. The molecule has 0 aliphatic heterocycles. The molecule has 0 aromatic heterocycles. The molecule has 0 spiro atoms. The third kappa shape index (κ3) is 3.68. The summed E-state index contributed by atoms with van der Waals surface area (Å²) < 4.78 is 13.3. The van der Waals surface area contributed by atoms with E-state index in [2.05, 4.69) is 6.58 Å². The van der Waals surface area contributed by atoms with Gasteiger partial charge in [-0.05, 0) is 12.8 Å². The predicted octanol–water partition coefficient (Wildman–Crippen LogP) is 2.83. The molecule has 0 aliphatic carbocycles. The van der Waals surface area contributed by atoms with Crippen LogP contribution < -0.4 is 5.73 Å². The zero-order valence-electron chi connectivity index (χ0n) is 9.51. The zero-order valence-corrected chi connectivity index (χ0v) is 10.3. The summed E-state index contributed by atoms with van der Waals surface area (Å²) in [6.45, 7) is 3.51. The van der Waals surface area contributed by atoms with Crippen molar-refractivity contribution in [3.05, 3.63) is 46.3 Å². The number of hydrogen-bond acceptors (Lipinski definition) is 4. The van der Waals surface area contributed by atoms with Gasteiger partial charge >= 0.3 is 0 Å². The van der Waals surface area contributed by atoms with Crippen molar-refractivity contribution in [2.75, 3.05) is 0 Å². The summed E-state index contributed by atoms with van der Waals surface area (Å²) in [5, 5.41) is 20.0. The molecule has 1 aromatic carbocycles. The van der Waals surface area contributed by atoms with Crippen molar-refractivity contribution in [3.8, 4) is 5.75 Å². The highest BCUT2D eigenvalue weighted by Gasteiger charge is 2.19. The highest BCUT2D eigenvalue weighted by molar-refractivity contribution is 5.85. The number of phenols is 1. The van der Waals surface area contributed by atoms with Gasteiger partial charge in [0.05, 0.1) is 11.0 Å². The second-order valence-corrected chi connectivity index (χ2v) is 3.60. The molecule has 7 heteroatoms. The van der Waals surface area contributed by atoms with Crippen LogP contribution in [0.3, 0.4) is 0 Å². The molecule has 1 rings (SSSR count). The van der Waals surface area contributed by atoms with E-state index in [1.165, 1.54) is 0 Å². The van der Waals surface area contributed by atoms with E-state index in [0.717, 1.165) is 6.07 Å². The number of nitrogens with zero attached hydrogens (tertiary/aromatic N) is 1. The molecule has 100 valence electrons. The maximum absolute atomic E-state index is 13.3. The fourth-order valence-electron chi connectivity index (χ4n) is 1.45. The van der Waals surface area contributed by atoms with E-state index >= 15 is 0 Å². The third-order valence-electron chi connectivity index (χ3n) is 2.37. The number of nitro groups is 1. The number of rotatable bonds is 5. The Bertz CT molecular complexity index is 454. The van der Waals surface area contributed by atoms with Crippen molar-refractivity contribution in [3.63, 3.8) is 0 Å². The second-order valence-electron chi connectivity index (χ2n) is 3.60. The van der Waals surface area contributed by atoms with Crippen LogP contribution in [0.2, 0.25) is 0 Å². The average molecular weight is 277 g/mol. The molecule has 0 amide bonds. The summed E-state index contributed by atoms with van der Waals surface area (Å²) in [5.74, 6) is -1.67. The number of aromatic hydroxyl groups is 1. The number of phenolic OH excluding ortho intramolecular Hbond substituents is 1. The first-order valence-corrected chi connectivity index (χ1v) is 5.00. The Morgan fingerprint density at radius 2 is 2.22 bits per heavy atom. The second kappa shape index (κ2) is 6.93. The summed E-state index contributed by atoms with van der Waals surface area (Å²) >= 11 is 0. The van der Waals surface area contributed by atoms with Crippen LogP contribution in [0, 0.1) is 15.9 Å². The van der Waals surface area contributed by atoms with E-state index < -0.39 is 28.2 Å². The third-order valence-corrected chi connectivity index (χ3v) is 2.37. The van der Waals surface area contributed by atoms with Crippen LogP contribution in [-0.2, 0) is 0 Å². The van der Waals surface area contributed by atoms with E-state index in [4.69, 9.17) is 5.73 Å². The number of benzene rings is 1. The zero-order chi connectivity index (χ0) is 13.0. The topological polar surface area (TPSA) is 89.4 Å². The molecule has 0 radical (unpaired) electrons. The number of halogens is 2. The Labute approximate surface area is 110 Å². The SMILES string of the molecule is C=CCC[C@H](N)c1cc([N+](=O)[O-])cc(F)c1O.Cl. The minimum atomic E-state index is -1.04. The first-order chi connectivity index (χ1) is 7.97. The quantitative estimate of drug-likeness (QED) is 0.491. The number of hydrogen-bond donors (Lipinski definition) is 2. The van der Waals surface area contributed by atoms with Gasteiger partial charge < -0.3 is 10.8 Å². The first kappa shape index (κ1) is 16.3. The van der Waals surface area contributed by atoms with E-state index in [1.54, 1.807) is 6.08 Å². The van der Waals surface area contributed by atoms with Crippen LogP contribution in [-0.4, -0.2) is 10.0 Å². The van der Waals surface area contributed by atoms with Gasteiger partial charge in [-0.25, -0.2) is 4.39 Å². The fraction of sp³-hybridized carbons (Fsp3) is 0.273. The molecular weight excluding hydrogens is 263 g/mol. The molecule has 3 N–H and O–H groups in total. The largest absolute Gasteiger partial charge is 0.505 e. The summed E-state index contributed by atoms with van der Waals surface area (Å²) in [5.41, 5.74) is 5.34. The molecule has 1 atom stereocenters. The minimum absolute atomic E-state index is 0. The number of nitro benzene ring substituents is 1. The van der Waals surface area contributed by atoms with Gasteiger partial charge in [-0.3, -0.25) is 10.1 Å². The summed E-state index contributed by atoms with van der Waals surface area (Å²) in [4.78, 5) is 9.82. The highest BCUT2D eigenvalue weighted by atomic mass is 35.5. The normalized spacial score (nSPS) is 11.4. The molecule has 1 aromatic rings. The summed E-state index contributed by atoms with van der Waals surface area (Å²) in [6.07, 6.45) is 2.63. The molecule has 0 heterocycles. The van der Waals surface area contributed by atoms with Crippen LogP contribution in [0.15, 0.2) is 24.8 Å². The van der Waals surface area contributed by atoms with E-state index in [1.807, 2.05) is 0 Å². The van der Waals surface area contributed by atoms with Gasteiger partial charge in [-0.1, -0.05) is 6.08 Å². The van der Waals surface area contributed by atoms with Crippen molar-refractivity contribution in [2.24, 2.45) is 5.73 Å².